The van der Waals surface area contributed by atoms with Gasteiger partial charge in [-0.1, -0.05) is 6.07 Å². The van der Waals surface area contributed by atoms with Gasteiger partial charge in [0.25, 0.3) is 0 Å². The van der Waals surface area contributed by atoms with Crippen LogP contribution in [0.5, 0.6) is 0 Å². The van der Waals surface area contributed by atoms with Crippen molar-refractivity contribution in [2.24, 2.45) is 0 Å². The summed E-state index contributed by atoms with van der Waals surface area (Å²) in [7, 11) is 0. The van der Waals surface area contributed by atoms with Gasteiger partial charge in [0.2, 0.25) is 5.91 Å². The number of amides is 1. The highest BCUT2D eigenvalue weighted by atomic mass is 19.4. The van der Waals surface area contributed by atoms with Crippen molar-refractivity contribution in [1.29, 1.82) is 0 Å². The highest BCUT2D eigenvalue weighted by Crippen LogP contribution is 2.28. The van der Waals surface area contributed by atoms with Gasteiger partial charge in [-0.2, -0.15) is 18.3 Å². The molecule has 0 aliphatic carbocycles. The minimum atomic E-state index is -4.51. The molecule has 4 rings (SSSR count). The fraction of sp³-hybridized carbons (Fsp3) is 0.381. The average Bonchev–Trinajstić information content (AvgIpc) is 3.19. The number of rotatable bonds is 5. The Labute approximate surface area is 182 Å². The SMILES string of the molecule is Cc1cc(C(F)(F)F)nn1CCC(=O)N1CCOC(c2cccc(-c3cncnc3)n2)C1. The maximum absolute atomic E-state index is 12.8. The van der Waals surface area contributed by atoms with Crippen molar-refractivity contribution in [3.8, 4) is 11.3 Å². The second kappa shape index (κ2) is 9.03. The van der Waals surface area contributed by atoms with Crippen molar-refractivity contribution in [1.82, 2.24) is 29.6 Å². The summed E-state index contributed by atoms with van der Waals surface area (Å²) in [6.07, 6.45) is -0.0984. The molecule has 3 aromatic rings. The maximum Gasteiger partial charge on any atom is 0.435 e. The number of carbonyl (C=O) groups excluding carboxylic acids is 1. The van der Waals surface area contributed by atoms with Crippen LogP contribution in [0.4, 0.5) is 13.2 Å². The van der Waals surface area contributed by atoms with Crippen LogP contribution in [0.1, 0.15) is 29.6 Å². The Morgan fingerprint density at radius 2 is 2.03 bits per heavy atom. The van der Waals surface area contributed by atoms with E-state index in [1.807, 2.05) is 18.2 Å². The molecule has 0 N–H and O–H groups in total. The van der Waals surface area contributed by atoms with E-state index in [-0.39, 0.29) is 18.9 Å². The number of hydrogen-bond acceptors (Lipinski definition) is 6. The quantitative estimate of drug-likeness (QED) is 0.599. The first kappa shape index (κ1) is 21.9. The fourth-order valence-corrected chi connectivity index (χ4v) is 3.51. The van der Waals surface area contributed by atoms with E-state index >= 15 is 0 Å². The van der Waals surface area contributed by atoms with Gasteiger partial charge in [-0.15, -0.1) is 0 Å². The number of halogens is 3. The Bertz CT molecular complexity index is 1090. The zero-order valence-corrected chi connectivity index (χ0v) is 17.3. The van der Waals surface area contributed by atoms with Gasteiger partial charge in [-0.3, -0.25) is 9.48 Å². The molecule has 8 nitrogen and oxygen atoms in total. The van der Waals surface area contributed by atoms with E-state index in [1.165, 1.54) is 17.9 Å². The van der Waals surface area contributed by atoms with E-state index in [0.717, 1.165) is 11.6 Å². The Morgan fingerprint density at radius 3 is 2.75 bits per heavy atom. The van der Waals surface area contributed by atoms with E-state index in [4.69, 9.17) is 4.74 Å². The normalized spacial score (nSPS) is 16.9. The first-order chi connectivity index (χ1) is 15.3. The number of alkyl halides is 3. The number of hydrogen-bond donors (Lipinski definition) is 0. The summed E-state index contributed by atoms with van der Waals surface area (Å²) < 4.78 is 45.5. The van der Waals surface area contributed by atoms with Gasteiger partial charge < -0.3 is 9.64 Å². The van der Waals surface area contributed by atoms with E-state index in [2.05, 4.69) is 20.1 Å². The number of aromatic nitrogens is 5. The summed E-state index contributed by atoms with van der Waals surface area (Å²) >= 11 is 0. The molecule has 168 valence electrons. The van der Waals surface area contributed by atoms with Crippen LogP contribution in [0.2, 0.25) is 0 Å². The third-order valence-corrected chi connectivity index (χ3v) is 5.19. The third-order valence-electron chi connectivity index (χ3n) is 5.19. The molecule has 0 bridgehead atoms. The molecule has 1 unspecified atom stereocenters. The number of pyridine rings is 1. The molecule has 0 spiro atoms. The summed E-state index contributed by atoms with van der Waals surface area (Å²) in [5, 5.41) is 3.58. The first-order valence-corrected chi connectivity index (χ1v) is 10.0. The molecule has 1 fully saturated rings. The summed E-state index contributed by atoms with van der Waals surface area (Å²) in [6.45, 7) is 2.67. The summed E-state index contributed by atoms with van der Waals surface area (Å²) in [5.41, 5.74) is 1.55. The molecule has 1 aliphatic rings. The highest BCUT2D eigenvalue weighted by molar-refractivity contribution is 5.76. The topological polar surface area (TPSA) is 86.0 Å². The van der Waals surface area contributed by atoms with Crippen LogP contribution in [0.15, 0.2) is 43.0 Å². The predicted octanol–water partition coefficient (Wildman–Crippen LogP) is 3.05. The Hall–Kier alpha value is -3.34. The van der Waals surface area contributed by atoms with E-state index in [1.54, 1.807) is 17.3 Å². The van der Waals surface area contributed by atoms with Crippen molar-refractivity contribution in [2.45, 2.75) is 32.2 Å². The molecular weight excluding hydrogens is 425 g/mol. The predicted molar refractivity (Wildman–Crippen MR) is 107 cm³/mol. The highest BCUT2D eigenvalue weighted by Gasteiger charge is 2.34. The van der Waals surface area contributed by atoms with E-state index in [0.29, 0.717) is 36.8 Å². The van der Waals surface area contributed by atoms with Crippen molar-refractivity contribution in [3.63, 3.8) is 0 Å². The van der Waals surface area contributed by atoms with Crippen LogP contribution in [-0.4, -0.2) is 55.2 Å². The lowest BCUT2D eigenvalue weighted by molar-refractivity contribution is -0.141. The van der Waals surface area contributed by atoms with Crippen LogP contribution >= 0.6 is 0 Å². The molecule has 0 radical (unpaired) electrons. The lowest BCUT2D eigenvalue weighted by Gasteiger charge is -2.33. The number of ether oxygens (including phenoxy) is 1. The monoisotopic (exact) mass is 446 g/mol. The second-order valence-corrected chi connectivity index (χ2v) is 7.42. The Kier molecular flexibility index (Phi) is 6.17. The lowest BCUT2D eigenvalue weighted by Crippen LogP contribution is -2.42. The van der Waals surface area contributed by atoms with Gasteiger partial charge in [0, 0.05) is 43.2 Å². The van der Waals surface area contributed by atoms with Gasteiger partial charge >= 0.3 is 6.18 Å². The van der Waals surface area contributed by atoms with E-state index in [9.17, 15) is 18.0 Å². The number of nitrogens with zero attached hydrogens (tertiary/aromatic N) is 6. The standard InChI is InChI=1S/C21H21F3N6O2/c1-14-9-19(21(22,23)24)28-30(14)6-5-20(31)29-7-8-32-18(12-29)17-4-2-3-16(27-17)15-10-25-13-26-11-15/h2-4,9-11,13,18H,5-8,12H2,1H3. The minimum Gasteiger partial charge on any atom is -0.368 e. The number of aryl methyl sites for hydroxylation is 2. The zero-order valence-electron chi connectivity index (χ0n) is 17.3. The maximum atomic E-state index is 12.8. The number of carbonyl (C=O) groups is 1. The molecule has 0 aromatic carbocycles. The zero-order chi connectivity index (χ0) is 22.7. The minimum absolute atomic E-state index is 0.0430. The fourth-order valence-electron chi connectivity index (χ4n) is 3.51. The van der Waals surface area contributed by atoms with Crippen molar-refractivity contribution in [2.75, 3.05) is 19.7 Å². The van der Waals surface area contributed by atoms with Gasteiger partial charge in [-0.25, -0.2) is 15.0 Å². The van der Waals surface area contributed by atoms with Gasteiger partial charge in [0.05, 0.1) is 24.5 Å². The molecule has 1 aliphatic heterocycles. The molecule has 3 aromatic heterocycles. The molecule has 1 atom stereocenters. The number of morpholine rings is 1. The van der Waals surface area contributed by atoms with Crippen molar-refractivity contribution < 1.29 is 22.7 Å². The van der Waals surface area contributed by atoms with Crippen molar-refractivity contribution in [3.05, 3.63) is 60.1 Å². The second-order valence-electron chi connectivity index (χ2n) is 7.42. The molecule has 32 heavy (non-hydrogen) atoms. The molecular formula is C21H21F3N6O2. The lowest BCUT2D eigenvalue weighted by atomic mass is 10.1. The Morgan fingerprint density at radius 1 is 1.25 bits per heavy atom. The molecule has 0 saturated carbocycles. The molecule has 1 amide bonds. The van der Waals surface area contributed by atoms with Gasteiger partial charge in [-0.05, 0) is 25.1 Å². The van der Waals surface area contributed by atoms with Crippen molar-refractivity contribution >= 4 is 5.91 Å². The smallest absolute Gasteiger partial charge is 0.368 e. The van der Waals surface area contributed by atoms with Crippen LogP contribution in [-0.2, 0) is 22.3 Å². The van der Waals surface area contributed by atoms with Crippen LogP contribution in [0.25, 0.3) is 11.3 Å². The van der Waals surface area contributed by atoms with Crippen LogP contribution in [0, 0.1) is 6.92 Å². The summed E-state index contributed by atoms with van der Waals surface area (Å²) in [4.78, 5) is 27.0. The molecule has 1 saturated heterocycles. The average molecular weight is 446 g/mol. The Balaban J connectivity index is 1.40. The van der Waals surface area contributed by atoms with Gasteiger partial charge in [0.1, 0.15) is 12.4 Å². The molecule has 4 heterocycles. The van der Waals surface area contributed by atoms with E-state index < -0.39 is 18.0 Å². The first-order valence-electron chi connectivity index (χ1n) is 10.0. The third kappa shape index (κ3) is 4.93. The van der Waals surface area contributed by atoms with Gasteiger partial charge in [0.15, 0.2) is 5.69 Å². The van der Waals surface area contributed by atoms with Crippen LogP contribution < -0.4 is 0 Å². The molecule has 11 heteroatoms. The largest absolute Gasteiger partial charge is 0.435 e. The summed E-state index contributed by atoms with van der Waals surface area (Å²) in [6, 6.07) is 6.51. The summed E-state index contributed by atoms with van der Waals surface area (Å²) in [5.74, 6) is -0.172. The van der Waals surface area contributed by atoms with Crippen LogP contribution in [0.3, 0.4) is 0 Å².